The molecule has 3 aromatic rings. The summed E-state index contributed by atoms with van der Waals surface area (Å²) in [6, 6.07) is 11.3. The quantitative estimate of drug-likeness (QED) is 0.559. The number of carbonyl (C=O) groups excluding carboxylic acids is 1. The molecule has 0 radical (unpaired) electrons. The number of urea groups is 1. The lowest BCUT2D eigenvalue weighted by atomic mass is 10.3. The van der Waals surface area contributed by atoms with E-state index in [-0.39, 0.29) is 11.8 Å². The lowest BCUT2D eigenvalue weighted by molar-refractivity contribution is -0.0498. The Hall–Kier alpha value is -4.02. The highest BCUT2D eigenvalue weighted by Gasteiger charge is 2.23. The molecule has 1 saturated heterocycles. The second-order valence-electron chi connectivity index (χ2n) is 7.81. The molecule has 0 saturated carbocycles. The van der Waals surface area contributed by atoms with Gasteiger partial charge in [0, 0.05) is 50.2 Å². The average molecular weight is 469 g/mol. The summed E-state index contributed by atoms with van der Waals surface area (Å²) in [4.78, 5) is 29.7. The Balaban J connectivity index is 1.36. The second kappa shape index (κ2) is 10.3. The highest BCUT2D eigenvalue weighted by Crippen LogP contribution is 2.22. The van der Waals surface area contributed by atoms with Crippen molar-refractivity contribution in [2.45, 2.75) is 20.5 Å². The third-order valence-electron chi connectivity index (χ3n) is 5.20. The van der Waals surface area contributed by atoms with Gasteiger partial charge in [0.25, 0.3) is 0 Å². The zero-order valence-corrected chi connectivity index (χ0v) is 18.8. The van der Waals surface area contributed by atoms with Crippen molar-refractivity contribution in [2.24, 2.45) is 0 Å². The largest absolute Gasteiger partial charge is 0.435 e. The molecule has 1 fully saturated rings. The fourth-order valence-electron chi connectivity index (χ4n) is 3.60. The van der Waals surface area contributed by atoms with Gasteiger partial charge in [0.1, 0.15) is 29.0 Å². The fourth-order valence-corrected chi connectivity index (χ4v) is 3.60. The maximum absolute atomic E-state index is 12.6. The Bertz CT molecular complexity index is 1150. The predicted molar refractivity (Wildman–Crippen MR) is 125 cm³/mol. The van der Waals surface area contributed by atoms with Gasteiger partial charge in [-0.15, -0.1) is 0 Å². The van der Waals surface area contributed by atoms with Crippen molar-refractivity contribution in [1.82, 2.24) is 19.9 Å². The molecule has 0 bridgehead atoms. The van der Waals surface area contributed by atoms with Crippen LogP contribution >= 0.6 is 0 Å². The van der Waals surface area contributed by atoms with E-state index in [1.54, 1.807) is 23.2 Å². The average Bonchev–Trinajstić information content (AvgIpc) is 2.78. The van der Waals surface area contributed by atoms with Crippen LogP contribution in [0.1, 0.15) is 11.4 Å². The van der Waals surface area contributed by atoms with E-state index in [1.807, 2.05) is 32.0 Å². The highest BCUT2D eigenvalue weighted by atomic mass is 19.3. The van der Waals surface area contributed by atoms with Gasteiger partial charge in [0.05, 0.1) is 0 Å². The van der Waals surface area contributed by atoms with Crippen LogP contribution in [-0.4, -0.2) is 58.7 Å². The molecular formula is C23H25F2N7O2. The first-order valence-corrected chi connectivity index (χ1v) is 10.8. The summed E-state index contributed by atoms with van der Waals surface area (Å²) in [5, 5.41) is 5.95. The monoisotopic (exact) mass is 469 g/mol. The molecule has 9 nitrogen and oxygen atoms in total. The minimum atomic E-state index is -2.92. The number of rotatable bonds is 6. The number of amides is 2. The normalized spacial score (nSPS) is 13.7. The molecule has 34 heavy (non-hydrogen) atoms. The molecule has 4 rings (SSSR count). The summed E-state index contributed by atoms with van der Waals surface area (Å²) in [6.07, 6.45) is 1.74. The zero-order valence-electron chi connectivity index (χ0n) is 18.8. The van der Waals surface area contributed by atoms with E-state index in [0.29, 0.717) is 49.3 Å². The number of piperazine rings is 1. The van der Waals surface area contributed by atoms with E-state index in [4.69, 9.17) is 0 Å². The summed E-state index contributed by atoms with van der Waals surface area (Å²) >= 11 is 0. The first-order valence-electron chi connectivity index (χ1n) is 10.8. The van der Waals surface area contributed by atoms with Crippen molar-refractivity contribution in [3.8, 4) is 5.75 Å². The third kappa shape index (κ3) is 6.06. The maximum atomic E-state index is 12.6. The molecular weight excluding hydrogens is 444 g/mol. The van der Waals surface area contributed by atoms with E-state index in [0.717, 1.165) is 11.4 Å². The number of pyridine rings is 1. The van der Waals surface area contributed by atoms with Crippen LogP contribution < -0.4 is 20.3 Å². The van der Waals surface area contributed by atoms with Gasteiger partial charge in [-0.3, -0.25) is 0 Å². The van der Waals surface area contributed by atoms with Gasteiger partial charge in [-0.05, 0) is 43.7 Å². The van der Waals surface area contributed by atoms with Crippen molar-refractivity contribution >= 4 is 29.2 Å². The fraction of sp³-hybridized carbons (Fsp3) is 0.304. The number of anilines is 4. The molecule has 1 aromatic carbocycles. The number of nitrogens with one attached hydrogen (secondary N) is 2. The number of benzene rings is 1. The van der Waals surface area contributed by atoms with Crippen molar-refractivity contribution in [1.29, 1.82) is 0 Å². The summed E-state index contributed by atoms with van der Waals surface area (Å²) in [5.74, 6) is 2.72. The van der Waals surface area contributed by atoms with Crippen LogP contribution in [0.2, 0.25) is 0 Å². The molecule has 1 aliphatic heterocycles. The number of hydrogen-bond donors (Lipinski definition) is 2. The Kier molecular flexibility index (Phi) is 7.00. The van der Waals surface area contributed by atoms with Crippen LogP contribution in [0.25, 0.3) is 0 Å². The third-order valence-corrected chi connectivity index (χ3v) is 5.20. The smallest absolute Gasteiger partial charge is 0.387 e. The lowest BCUT2D eigenvalue weighted by Gasteiger charge is -2.35. The van der Waals surface area contributed by atoms with Crippen LogP contribution in [0.5, 0.6) is 5.75 Å². The molecule has 1 aliphatic rings. The van der Waals surface area contributed by atoms with Gasteiger partial charge in [0.15, 0.2) is 0 Å². The van der Waals surface area contributed by atoms with Crippen molar-refractivity contribution in [3.05, 3.63) is 60.0 Å². The molecule has 2 aromatic heterocycles. The molecule has 0 atom stereocenters. The molecule has 2 amide bonds. The highest BCUT2D eigenvalue weighted by molar-refractivity contribution is 5.89. The van der Waals surface area contributed by atoms with Crippen LogP contribution in [0, 0.1) is 13.8 Å². The van der Waals surface area contributed by atoms with Gasteiger partial charge >= 0.3 is 12.6 Å². The zero-order chi connectivity index (χ0) is 24.1. The number of nitrogens with zero attached hydrogens (tertiary/aromatic N) is 5. The number of hydrogen-bond acceptors (Lipinski definition) is 7. The van der Waals surface area contributed by atoms with E-state index in [2.05, 4.69) is 35.2 Å². The minimum absolute atomic E-state index is 0.0120. The van der Waals surface area contributed by atoms with E-state index in [9.17, 15) is 13.6 Å². The molecule has 178 valence electrons. The van der Waals surface area contributed by atoms with Crippen molar-refractivity contribution in [3.63, 3.8) is 0 Å². The van der Waals surface area contributed by atoms with Crippen LogP contribution in [0.4, 0.5) is 36.7 Å². The van der Waals surface area contributed by atoms with Crippen LogP contribution in [-0.2, 0) is 0 Å². The summed E-state index contributed by atoms with van der Waals surface area (Å²) in [5.41, 5.74) is 1.48. The van der Waals surface area contributed by atoms with Crippen molar-refractivity contribution in [2.75, 3.05) is 41.7 Å². The minimum Gasteiger partial charge on any atom is -0.435 e. The summed E-state index contributed by atoms with van der Waals surface area (Å²) in [7, 11) is 0. The maximum Gasteiger partial charge on any atom is 0.387 e. The molecule has 11 heteroatoms. The van der Waals surface area contributed by atoms with Crippen molar-refractivity contribution < 1.29 is 18.3 Å². The Morgan fingerprint density at radius 2 is 1.82 bits per heavy atom. The number of aryl methyl sites for hydroxylation is 2. The number of aromatic nitrogens is 3. The Morgan fingerprint density at radius 1 is 1.03 bits per heavy atom. The van der Waals surface area contributed by atoms with E-state index < -0.39 is 6.61 Å². The first kappa shape index (κ1) is 23.1. The molecule has 3 heterocycles. The lowest BCUT2D eigenvalue weighted by Crippen LogP contribution is -2.50. The van der Waals surface area contributed by atoms with E-state index >= 15 is 0 Å². The van der Waals surface area contributed by atoms with Crippen LogP contribution in [0.3, 0.4) is 0 Å². The second-order valence-corrected chi connectivity index (χ2v) is 7.81. The molecule has 0 aliphatic carbocycles. The van der Waals surface area contributed by atoms with Gasteiger partial charge in [0.2, 0.25) is 0 Å². The van der Waals surface area contributed by atoms with Gasteiger partial charge < -0.3 is 25.2 Å². The molecule has 2 N–H and O–H groups in total. The Morgan fingerprint density at radius 3 is 2.56 bits per heavy atom. The number of halogens is 2. The predicted octanol–water partition coefficient (Wildman–Crippen LogP) is 4.19. The number of alkyl halides is 2. The summed E-state index contributed by atoms with van der Waals surface area (Å²) in [6.45, 7) is 3.02. The molecule has 0 unspecified atom stereocenters. The standard InChI is InChI=1S/C23H25F2N7O2/c1-15-6-7-26-19(12-15)30-20-14-21(28-16(2)27-20)31-8-10-32(11-9-31)23(33)29-17-4-3-5-18(13-17)34-22(24)25/h3-7,12-14,22H,8-11H2,1-2H3,(H,29,33)(H,26,27,28,30). The number of ether oxygens (including phenoxy) is 1. The summed E-state index contributed by atoms with van der Waals surface area (Å²) < 4.78 is 29.2. The van der Waals surface area contributed by atoms with E-state index in [1.165, 1.54) is 12.1 Å². The van der Waals surface area contributed by atoms with Gasteiger partial charge in [-0.2, -0.15) is 8.78 Å². The van der Waals surface area contributed by atoms with Gasteiger partial charge in [-0.1, -0.05) is 6.07 Å². The number of carbonyl (C=O) groups is 1. The topological polar surface area (TPSA) is 95.5 Å². The molecule has 0 spiro atoms. The van der Waals surface area contributed by atoms with Crippen LogP contribution in [0.15, 0.2) is 48.7 Å². The first-order chi connectivity index (χ1) is 16.4. The van der Waals surface area contributed by atoms with Gasteiger partial charge in [-0.25, -0.2) is 19.7 Å². The Labute approximate surface area is 195 Å². The SMILES string of the molecule is Cc1ccnc(Nc2cc(N3CCN(C(=O)Nc4cccc(OC(F)F)c4)CC3)nc(C)n2)c1.